The Labute approximate surface area is 121 Å². The van der Waals surface area contributed by atoms with Gasteiger partial charge >= 0.3 is 0 Å². The molecule has 1 unspecified atom stereocenters. The number of aromatic amines is 1. The number of rotatable bonds is 4. The molecule has 3 aromatic rings. The molecule has 0 amide bonds. The van der Waals surface area contributed by atoms with Gasteiger partial charge in [0.15, 0.2) is 0 Å². The first kappa shape index (κ1) is 13.8. The number of halogens is 2. The molecule has 108 valence electrons. The second-order valence-corrected chi connectivity index (χ2v) is 5.12. The fourth-order valence-corrected chi connectivity index (χ4v) is 2.52. The van der Waals surface area contributed by atoms with Gasteiger partial charge in [0.25, 0.3) is 0 Å². The van der Waals surface area contributed by atoms with Crippen molar-refractivity contribution >= 4 is 10.9 Å². The van der Waals surface area contributed by atoms with Gasteiger partial charge in [-0.25, -0.2) is 8.78 Å². The maximum Gasteiger partial charge on any atom is 0.128 e. The zero-order valence-corrected chi connectivity index (χ0v) is 11.7. The Morgan fingerprint density at radius 3 is 2.86 bits per heavy atom. The second-order valence-electron chi connectivity index (χ2n) is 5.12. The summed E-state index contributed by atoms with van der Waals surface area (Å²) in [5.74, 6) is -0.816. The third kappa shape index (κ3) is 2.81. The Kier molecular flexibility index (Phi) is 3.71. The molecule has 0 aliphatic heterocycles. The number of fused-ring (bicyclic) bond motifs is 1. The van der Waals surface area contributed by atoms with E-state index < -0.39 is 11.6 Å². The number of benzene rings is 2. The van der Waals surface area contributed by atoms with Crippen molar-refractivity contribution in [1.29, 1.82) is 0 Å². The van der Waals surface area contributed by atoms with Crippen LogP contribution >= 0.6 is 0 Å². The molecule has 2 N–H and O–H groups in total. The van der Waals surface area contributed by atoms with Crippen LogP contribution in [0.4, 0.5) is 8.78 Å². The standard InChI is InChI=1S/C17H16F2N2/c1-11(15-9-13(18)5-6-16(15)19)21-10-12-3-2-4-17-14(12)7-8-20-17/h2-9,11,20-21H,10H2,1H3. The summed E-state index contributed by atoms with van der Waals surface area (Å²) in [4.78, 5) is 3.16. The van der Waals surface area contributed by atoms with E-state index in [0.717, 1.165) is 28.6 Å². The van der Waals surface area contributed by atoms with Gasteiger partial charge in [0, 0.05) is 35.2 Å². The van der Waals surface area contributed by atoms with E-state index in [2.05, 4.69) is 10.3 Å². The molecule has 1 heterocycles. The lowest BCUT2D eigenvalue weighted by molar-refractivity contribution is 0.519. The first-order valence-corrected chi connectivity index (χ1v) is 6.88. The van der Waals surface area contributed by atoms with Crippen molar-refractivity contribution in [2.24, 2.45) is 0 Å². The highest BCUT2D eigenvalue weighted by atomic mass is 19.1. The minimum Gasteiger partial charge on any atom is -0.361 e. The number of hydrogen-bond acceptors (Lipinski definition) is 1. The van der Waals surface area contributed by atoms with Gasteiger partial charge in [-0.2, -0.15) is 0 Å². The van der Waals surface area contributed by atoms with Crippen LogP contribution in [0.3, 0.4) is 0 Å². The lowest BCUT2D eigenvalue weighted by atomic mass is 10.1. The van der Waals surface area contributed by atoms with Gasteiger partial charge in [-0.05, 0) is 42.8 Å². The summed E-state index contributed by atoms with van der Waals surface area (Å²) in [6.07, 6.45) is 1.89. The third-order valence-electron chi connectivity index (χ3n) is 3.71. The molecule has 2 aromatic carbocycles. The van der Waals surface area contributed by atoms with E-state index in [1.54, 1.807) is 0 Å². The van der Waals surface area contributed by atoms with Gasteiger partial charge in [-0.1, -0.05) is 12.1 Å². The molecule has 0 saturated carbocycles. The summed E-state index contributed by atoms with van der Waals surface area (Å²) in [6, 6.07) is 11.3. The molecular formula is C17H16F2N2. The maximum atomic E-state index is 13.7. The highest BCUT2D eigenvalue weighted by molar-refractivity contribution is 5.82. The van der Waals surface area contributed by atoms with Gasteiger partial charge in [-0.15, -0.1) is 0 Å². The monoisotopic (exact) mass is 286 g/mol. The topological polar surface area (TPSA) is 27.8 Å². The maximum absolute atomic E-state index is 13.7. The van der Waals surface area contributed by atoms with Crippen LogP contribution in [0.2, 0.25) is 0 Å². The van der Waals surface area contributed by atoms with Crippen molar-refractivity contribution in [3.63, 3.8) is 0 Å². The molecule has 0 bridgehead atoms. The van der Waals surface area contributed by atoms with E-state index in [4.69, 9.17) is 0 Å². The highest BCUT2D eigenvalue weighted by Gasteiger charge is 2.12. The van der Waals surface area contributed by atoms with Crippen molar-refractivity contribution < 1.29 is 8.78 Å². The van der Waals surface area contributed by atoms with E-state index in [-0.39, 0.29) is 6.04 Å². The Hall–Kier alpha value is -2.20. The summed E-state index contributed by atoms with van der Waals surface area (Å²) in [5.41, 5.74) is 2.53. The number of nitrogens with one attached hydrogen (secondary N) is 2. The minimum absolute atomic E-state index is 0.269. The van der Waals surface area contributed by atoms with Crippen LogP contribution in [0, 0.1) is 11.6 Å². The second kappa shape index (κ2) is 5.66. The summed E-state index contributed by atoms with van der Waals surface area (Å²) in [6.45, 7) is 2.42. The molecule has 1 atom stereocenters. The Bertz CT molecular complexity index is 764. The van der Waals surface area contributed by atoms with Gasteiger partial charge in [0.05, 0.1) is 0 Å². The van der Waals surface area contributed by atoms with Crippen LogP contribution in [0.25, 0.3) is 10.9 Å². The predicted octanol–water partition coefficient (Wildman–Crippen LogP) is 4.30. The van der Waals surface area contributed by atoms with Crippen molar-refractivity contribution in [2.45, 2.75) is 19.5 Å². The quantitative estimate of drug-likeness (QED) is 0.735. The van der Waals surface area contributed by atoms with E-state index >= 15 is 0 Å². The lowest BCUT2D eigenvalue weighted by Gasteiger charge is -2.15. The van der Waals surface area contributed by atoms with Crippen molar-refractivity contribution in [3.05, 3.63) is 71.4 Å². The minimum atomic E-state index is -0.423. The van der Waals surface area contributed by atoms with Crippen LogP contribution in [0.1, 0.15) is 24.1 Å². The lowest BCUT2D eigenvalue weighted by Crippen LogP contribution is -2.19. The third-order valence-corrected chi connectivity index (χ3v) is 3.71. The molecule has 2 nitrogen and oxygen atoms in total. The number of H-pyrrole nitrogens is 1. The van der Waals surface area contributed by atoms with E-state index in [1.165, 1.54) is 6.07 Å². The van der Waals surface area contributed by atoms with Crippen LogP contribution in [-0.4, -0.2) is 4.98 Å². The Balaban J connectivity index is 1.78. The van der Waals surface area contributed by atoms with Crippen LogP contribution in [0.5, 0.6) is 0 Å². The largest absolute Gasteiger partial charge is 0.361 e. The molecule has 0 aliphatic carbocycles. The van der Waals surface area contributed by atoms with Crippen LogP contribution in [-0.2, 0) is 6.54 Å². The molecule has 4 heteroatoms. The van der Waals surface area contributed by atoms with E-state index in [1.807, 2.05) is 37.4 Å². The zero-order valence-electron chi connectivity index (χ0n) is 11.7. The van der Waals surface area contributed by atoms with Gasteiger partial charge < -0.3 is 10.3 Å². The normalized spacial score (nSPS) is 12.7. The number of hydrogen-bond donors (Lipinski definition) is 2. The average Bonchev–Trinajstić information content (AvgIpc) is 2.96. The molecular weight excluding hydrogens is 270 g/mol. The summed E-state index contributed by atoms with van der Waals surface area (Å²) < 4.78 is 27.0. The molecule has 3 rings (SSSR count). The predicted molar refractivity (Wildman–Crippen MR) is 79.9 cm³/mol. The molecule has 0 spiro atoms. The molecule has 0 fully saturated rings. The smallest absolute Gasteiger partial charge is 0.128 e. The summed E-state index contributed by atoms with van der Waals surface area (Å²) >= 11 is 0. The van der Waals surface area contributed by atoms with Gasteiger partial charge in [-0.3, -0.25) is 0 Å². The van der Waals surface area contributed by atoms with Crippen LogP contribution in [0.15, 0.2) is 48.7 Å². The first-order chi connectivity index (χ1) is 10.1. The van der Waals surface area contributed by atoms with Crippen molar-refractivity contribution in [2.75, 3.05) is 0 Å². The zero-order chi connectivity index (χ0) is 14.8. The fourth-order valence-electron chi connectivity index (χ4n) is 2.52. The number of aromatic nitrogens is 1. The average molecular weight is 286 g/mol. The SMILES string of the molecule is CC(NCc1cccc2[nH]ccc12)c1cc(F)ccc1F. The molecule has 1 aromatic heterocycles. The molecule has 21 heavy (non-hydrogen) atoms. The van der Waals surface area contributed by atoms with Gasteiger partial charge in [0.1, 0.15) is 11.6 Å². The molecule has 0 radical (unpaired) electrons. The van der Waals surface area contributed by atoms with E-state index in [0.29, 0.717) is 12.1 Å². The summed E-state index contributed by atoms with van der Waals surface area (Å²) in [7, 11) is 0. The van der Waals surface area contributed by atoms with Crippen LogP contribution < -0.4 is 5.32 Å². The fraction of sp³-hybridized carbons (Fsp3) is 0.176. The molecule has 0 aliphatic rings. The highest BCUT2D eigenvalue weighted by Crippen LogP contribution is 2.21. The summed E-state index contributed by atoms with van der Waals surface area (Å²) in [5, 5.41) is 4.38. The molecule has 0 saturated heterocycles. The van der Waals surface area contributed by atoms with Gasteiger partial charge in [0.2, 0.25) is 0 Å². The van der Waals surface area contributed by atoms with Crippen molar-refractivity contribution in [1.82, 2.24) is 10.3 Å². The first-order valence-electron chi connectivity index (χ1n) is 6.88. The Morgan fingerprint density at radius 1 is 1.14 bits per heavy atom. The van der Waals surface area contributed by atoms with Crippen molar-refractivity contribution in [3.8, 4) is 0 Å². The van der Waals surface area contributed by atoms with E-state index in [9.17, 15) is 8.78 Å². The Morgan fingerprint density at radius 2 is 2.00 bits per heavy atom.